The van der Waals surface area contributed by atoms with Crippen molar-refractivity contribution < 1.29 is 9.53 Å². The van der Waals surface area contributed by atoms with Crippen LogP contribution in [0.3, 0.4) is 0 Å². The van der Waals surface area contributed by atoms with E-state index in [9.17, 15) is 4.79 Å². The van der Waals surface area contributed by atoms with E-state index >= 15 is 0 Å². The predicted molar refractivity (Wildman–Crippen MR) is 171 cm³/mol. The standard InChI is InChI=1S/C34H32Cl2N6O2/c1-44-26-11-3-9-25(17-26)32(33-39-14-15-40-33)42(29-12-4-8-24-10-5-13-38-31(24)29)21-23-7-2-6-22(16-23)18-41-34(43)30-27(35)19-37-20-28(30)36/h2-3,5-7,9-11,13-17,19-20,29,32H,4,8,12,18,21H2,1H3,(H,39,40)(H,41,43). The number of halogens is 2. The highest BCUT2D eigenvalue weighted by Gasteiger charge is 2.35. The summed E-state index contributed by atoms with van der Waals surface area (Å²) in [6, 6.07) is 20.5. The van der Waals surface area contributed by atoms with Crippen molar-refractivity contribution in [2.45, 2.75) is 44.4 Å². The number of carbonyl (C=O) groups excluding carboxylic acids is 1. The van der Waals surface area contributed by atoms with E-state index in [1.54, 1.807) is 13.3 Å². The second-order valence-corrected chi connectivity index (χ2v) is 11.6. The van der Waals surface area contributed by atoms with Crippen LogP contribution in [0.2, 0.25) is 10.0 Å². The molecule has 3 heterocycles. The number of hydrogen-bond acceptors (Lipinski definition) is 6. The molecule has 0 bridgehead atoms. The second-order valence-electron chi connectivity index (χ2n) is 10.8. The molecule has 10 heteroatoms. The summed E-state index contributed by atoms with van der Waals surface area (Å²) in [5.74, 6) is 1.28. The minimum atomic E-state index is -0.352. The maximum absolute atomic E-state index is 12.9. The lowest BCUT2D eigenvalue weighted by Gasteiger charge is -2.40. The highest BCUT2D eigenvalue weighted by molar-refractivity contribution is 6.39. The van der Waals surface area contributed by atoms with Gasteiger partial charge in [0.15, 0.2) is 0 Å². The molecule has 5 aromatic rings. The first-order chi connectivity index (χ1) is 21.5. The van der Waals surface area contributed by atoms with Crippen LogP contribution in [0.5, 0.6) is 5.75 Å². The topological polar surface area (TPSA) is 96.0 Å². The van der Waals surface area contributed by atoms with Gasteiger partial charge in [-0.2, -0.15) is 0 Å². The van der Waals surface area contributed by atoms with Crippen LogP contribution in [0, 0.1) is 0 Å². The molecule has 1 amide bonds. The molecule has 1 aliphatic rings. The fraction of sp³-hybridized carbons (Fsp3) is 0.235. The largest absolute Gasteiger partial charge is 0.497 e. The zero-order chi connectivity index (χ0) is 30.5. The van der Waals surface area contributed by atoms with E-state index < -0.39 is 0 Å². The SMILES string of the molecule is COc1cccc(C(c2ncc[nH]2)N(Cc2cccc(CNC(=O)c3c(Cl)cncc3Cl)c2)C2CCCc3cccnc32)c1. The van der Waals surface area contributed by atoms with Gasteiger partial charge in [0.2, 0.25) is 0 Å². The molecule has 0 spiro atoms. The zero-order valence-electron chi connectivity index (χ0n) is 24.2. The van der Waals surface area contributed by atoms with E-state index in [1.165, 1.54) is 18.0 Å². The van der Waals surface area contributed by atoms with Gasteiger partial charge < -0.3 is 15.0 Å². The van der Waals surface area contributed by atoms with Crippen LogP contribution in [0.15, 0.2) is 91.6 Å². The number of amides is 1. The van der Waals surface area contributed by atoms with Crippen LogP contribution in [-0.4, -0.2) is 37.9 Å². The number of imidazole rings is 1. The third kappa shape index (κ3) is 6.48. The van der Waals surface area contributed by atoms with Crippen LogP contribution in [-0.2, 0) is 19.5 Å². The lowest BCUT2D eigenvalue weighted by Crippen LogP contribution is -2.36. The Hall–Kier alpha value is -4.24. The highest BCUT2D eigenvalue weighted by Crippen LogP contribution is 2.41. The summed E-state index contributed by atoms with van der Waals surface area (Å²) in [5.41, 5.74) is 5.72. The molecule has 0 fully saturated rings. The molecular weight excluding hydrogens is 595 g/mol. The molecule has 44 heavy (non-hydrogen) atoms. The minimum Gasteiger partial charge on any atom is -0.497 e. The zero-order valence-corrected chi connectivity index (χ0v) is 25.7. The Balaban J connectivity index is 1.35. The number of pyridine rings is 2. The van der Waals surface area contributed by atoms with Gasteiger partial charge >= 0.3 is 0 Å². The van der Waals surface area contributed by atoms with Gasteiger partial charge in [-0.1, -0.05) is 65.7 Å². The van der Waals surface area contributed by atoms with Gasteiger partial charge in [0.1, 0.15) is 11.6 Å². The van der Waals surface area contributed by atoms with Crippen molar-refractivity contribution in [3.63, 3.8) is 0 Å². The molecule has 2 unspecified atom stereocenters. The van der Waals surface area contributed by atoms with Crippen molar-refractivity contribution in [2.24, 2.45) is 0 Å². The van der Waals surface area contributed by atoms with E-state index in [-0.39, 0.29) is 33.6 Å². The molecule has 0 saturated carbocycles. The van der Waals surface area contributed by atoms with Crippen LogP contribution in [0.25, 0.3) is 0 Å². The van der Waals surface area contributed by atoms with Crippen molar-refractivity contribution in [1.29, 1.82) is 0 Å². The number of carbonyl (C=O) groups is 1. The number of aryl methyl sites for hydroxylation is 1. The van der Waals surface area contributed by atoms with E-state index in [1.807, 2.05) is 42.7 Å². The van der Waals surface area contributed by atoms with Crippen LogP contribution < -0.4 is 10.1 Å². The maximum atomic E-state index is 12.9. The molecule has 1 aliphatic carbocycles. The number of ether oxygens (including phenoxy) is 1. The Morgan fingerprint density at radius 2 is 1.86 bits per heavy atom. The lowest BCUT2D eigenvalue weighted by molar-refractivity contribution is 0.0951. The average molecular weight is 628 g/mol. The molecule has 224 valence electrons. The second kappa shape index (κ2) is 13.6. The number of nitrogens with zero attached hydrogens (tertiary/aromatic N) is 4. The summed E-state index contributed by atoms with van der Waals surface area (Å²) in [4.78, 5) is 32.4. The first-order valence-electron chi connectivity index (χ1n) is 14.5. The smallest absolute Gasteiger partial charge is 0.254 e. The van der Waals surface area contributed by atoms with Gasteiger partial charge in [-0.3, -0.25) is 19.7 Å². The number of methoxy groups -OCH3 is 1. The van der Waals surface area contributed by atoms with Gasteiger partial charge in [-0.05, 0) is 59.7 Å². The van der Waals surface area contributed by atoms with E-state index in [2.05, 4.69) is 50.5 Å². The molecule has 0 radical (unpaired) electrons. The van der Waals surface area contributed by atoms with Crippen LogP contribution in [0.1, 0.15) is 69.1 Å². The molecule has 2 N–H and O–H groups in total. The number of benzene rings is 2. The Kier molecular flexibility index (Phi) is 9.21. The fourth-order valence-electron chi connectivity index (χ4n) is 5.98. The molecular formula is C34H32Cl2N6O2. The number of aromatic amines is 1. The Morgan fingerprint density at radius 3 is 2.66 bits per heavy atom. The third-order valence-corrected chi connectivity index (χ3v) is 8.55. The summed E-state index contributed by atoms with van der Waals surface area (Å²) in [7, 11) is 1.68. The average Bonchev–Trinajstić information content (AvgIpc) is 3.58. The summed E-state index contributed by atoms with van der Waals surface area (Å²) in [5, 5.41) is 3.37. The Labute approximate surface area is 266 Å². The molecule has 2 aromatic carbocycles. The molecule has 0 saturated heterocycles. The van der Waals surface area contributed by atoms with Gasteiger partial charge in [0.25, 0.3) is 5.91 Å². The number of rotatable bonds is 10. The van der Waals surface area contributed by atoms with Crippen LogP contribution in [0.4, 0.5) is 0 Å². The fourth-order valence-corrected chi connectivity index (χ4v) is 6.52. The lowest BCUT2D eigenvalue weighted by atomic mass is 9.88. The summed E-state index contributed by atoms with van der Waals surface area (Å²) in [6.07, 6.45) is 11.4. The normalized spacial score (nSPS) is 15.0. The Morgan fingerprint density at radius 1 is 1.05 bits per heavy atom. The van der Waals surface area contributed by atoms with Crippen LogP contribution >= 0.6 is 23.2 Å². The summed E-state index contributed by atoms with van der Waals surface area (Å²) in [6.45, 7) is 0.931. The van der Waals surface area contributed by atoms with Crippen molar-refractivity contribution in [3.05, 3.63) is 141 Å². The maximum Gasteiger partial charge on any atom is 0.254 e. The van der Waals surface area contributed by atoms with Gasteiger partial charge in [0, 0.05) is 44.1 Å². The number of aromatic nitrogens is 4. The number of H-pyrrole nitrogens is 1. The van der Waals surface area contributed by atoms with E-state index in [4.69, 9.17) is 37.9 Å². The van der Waals surface area contributed by atoms with E-state index in [0.717, 1.165) is 53.2 Å². The Bertz CT molecular complexity index is 1730. The van der Waals surface area contributed by atoms with E-state index in [0.29, 0.717) is 13.1 Å². The number of nitrogens with one attached hydrogen (secondary N) is 2. The third-order valence-electron chi connectivity index (χ3n) is 7.98. The van der Waals surface area contributed by atoms with Gasteiger partial charge in [-0.25, -0.2) is 4.98 Å². The van der Waals surface area contributed by atoms with Crippen molar-refractivity contribution in [3.8, 4) is 5.75 Å². The summed E-state index contributed by atoms with van der Waals surface area (Å²) >= 11 is 12.4. The predicted octanol–water partition coefficient (Wildman–Crippen LogP) is 7.11. The van der Waals surface area contributed by atoms with Gasteiger partial charge in [0.05, 0.1) is 40.5 Å². The molecule has 2 atom stereocenters. The van der Waals surface area contributed by atoms with Crippen molar-refractivity contribution >= 4 is 29.1 Å². The molecule has 0 aliphatic heterocycles. The highest BCUT2D eigenvalue weighted by atomic mass is 35.5. The molecule has 8 nitrogen and oxygen atoms in total. The first-order valence-corrected chi connectivity index (χ1v) is 15.2. The number of fused-ring (bicyclic) bond motifs is 1. The quantitative estimate of drug-likeness (QED) is 0.171. The molecule has 6 rings (SSSR count). The van der Waals surface area contributed by atoms with Crippen molar-refractivity contribution in [2.75, 3.05) is 7.11 Å². The number of hydrogen-bond donors (Lipinski definition) is 2. The first kappa shape index (κ1) is 29.8. The van der Waals surface area contributed by atoms with Crippen molar-refractivity contribution in [1.82, 2.24) is 30.2 Å². The minimum absolute atomic E-state index is 0.0561. The van der Waals surface area contributed by atoms with Gasteiger partial charge in [-0.15, -0.1) is 0 Å². The monoisotopic (exact) mass is 626 g/mol. The summed E-state index contributed by atoms with van der Waals surface area (Å²) < 4.78 is 5.61. The molecule has 3 aromatic heterocycles.